The summed E-state index contributed by atoms with van der Waals surface area (Å²) in [6.45, 7) is 2.99. The summed E-state index contributed by atoms with van der Waals surface area (Å²) in [6.07, 6.45) is 0.391. The molecule has 2 rings (SSSR count). The molecule has 1 atom stereocenters. The molecule has 112 valence electrons. The number of carbonyl (C=O) groups is 2. The molecule has 0 radical (unpaired) electrons. The summed E-state index contributed by atoms with van der Waals surface area (Å²) in [7, 11) is 1.62. The molecular weight excluding hydrogens is 270 g/mol. The van der Waals surface area contributed by atoms with E-state index in [-0.39, 0.29) is 11.7 Å². The first-order valence-electron chi connectivity index (χ1n) is 6.71. The average Bonchev–Trinajstić information content (AvgIpc) is 3.02. The third kappa shape index (κ3) is 3.61. The molecule has 0 saturated carbocycles. The standard InChI is InChI=1S/C15H19N3O3/c1-10(13-7-16-8-14(13)15(20)9-19)17-18-11-3-5-12(21-2)6-4-11/h3-6,9,14,16-18H,7-8H2,1-2H3. The second-order valence-corrected chi connectivity index (χ2v) is 4.83. The van der Waals surface area contributed by atoms with Crippen molar-refractivity contribution < 1.29 is 14.3 Å². The van der Waals surface area contributed by atoms with E-state index in [2.05, 4.69) is 16.2 Å². The Morgan fingerprint density at radius 2 is 2.10 bits per heavy atom. The maximum Gasteiger partial charge on any atom is 0.203 e. The predicted octanol–water partition coefficient (Wildman–Crippen LogP) is 0.873. The van der Waals surface area contributed by atoms with Gasteiger partial charge in [0.1, 0.15) is 5.75 Å². The fourth-order valence-corrected chi connectivity index (χ4v) is 2.27. The van der Waals surface area contributed by atoms with Crippen LogP contribution in [-0.2, 0) is 9.59 Å². The van der Waals surface area contributed by atoms with Crippen molar-refractivity contribution in [1.82, 2.24) is 10.7 Å². The normalized spacial score (nSPS) is 19.8. The van der Waals surface area contributed by atoms with Crippen LogP contribution in [0.25, 0.3) is 0 Å². The van der Waals surface area contributed by atoms with Crippen LogP contribution in [0.1, 0.15) is 6.92 Å². The van der Waals surface area contributed by atoms with Crippen molar-refractivity contribution in [2.45, 2.75) is 6.92 Å². The largest absolute Gasteiger partial charge is 0.497 e. The molecule has 6 nitrogen and oxygen atoms in total. The SMILES string of the molecule is COc1ccc(NNC(C)=C2CNCC2C(=O)C=O)cc1. The second kappa shape index (κ2) is 6.90. The number of benzene rings is 1. The number of rotatable bonds is 6. The van der Waals surface area contributed by atoms with Gasteiger partial charge in [0.15, 0.2) is 6.29 Å². The third-order valence-corrected chi connectivity index (χ3v) is 3.51. The van der Waals surface area contributed by atoms with Crippen LogP contribution in [0.3, 0.4) is 0 Å². The second-order valence-electron chi connectivity index (χ2n) is 4.83. The van der Waals surface area contributed by atoms with Gasteiger partial charge in [-0.15, -0.1) is 0 Å². The molecule has 1 saturated heterocycles. The molecule has 1 heterocycles. The van der Waals surface area contributed by atoms with Gasteiger partial charge in [0.25, 0.3) is 0 Å². The Kier molecular flexibility index (Phi) is 4.94. The van der Waals surface area contributed by atoms with Gasteiger partial charge in [-0.05, 0) is 36.8 Å². The molecule has 1 unspecified atom stereocenters. The molecule has 0 spiro atoms. The molecular formula is C15H19N3O3. The Morgan fingerprint density at radius 3 is 2.71 bits per heavy atom. The minimum absolute atomic E-state index is 0.368. The summed E-state index contributed by atoms with van der Waals surface area (Å²) >= 11 is 0. The highest BCUT2D eigenvalue weighted by Gasteiger charge is 2.28. The molecule has 6 heteroatoms. The number of Topliss-reactive ketones (excluding diaryl/α,β-unsaturated/α-hetero) is 1. The Hall–Kier alpha value is -2.34. The molecule has 0 amide bonds. The fraction of sp³-hybridized carbons (Fsp3) is 0.333. The van der Waals surface area contributed by atoms with Crippen LogP contribution in [-0.4, -0.2) is 32.3 Å². The monoisotopic (exact) mass is 289 g/mol. The highest BCUT2D eigenvalue weighted by Crippen LogP contribution is 2.19. The van der Waals surface area contributed by atoms with Gasteiger partial charge < -0.3 is 20.9 Å². The van der Waals surface area contributed by atoms with Gasteiger partial charge in [0, 0.05) is 18.8 Å². The summed E-state index contributed by atoms with van der Waals surface area (Å²) in [6, 6.07) is 7.46. The van der Waals surface area contributed by atoms with E-state index in [1.807, 2.05) is 31.2 Å². The molecule has 1 fully saturated rings. The quantitative estimate of drug-likeness (QED) is 0.410. The zero-order valence-electron chi connectivity index (χ0n) is 12.1. The Morgan fingerprint density at radius 1 is 1.38 bits per heavy atom. The van der Waals surface area contributed by atoms with Crippen LogP contribution >= 0.6 is 0 Å². The minimum Gasteiger partial charge on any atom is -0.497 e. The number of hydrogen-bond acceptors (Lipinski definition) is 6. The van der Waals surface area contributed by atoms with E-state index in [0.717, 1.165) is 22.7 Å². The summed E-state index contributed by atoms with van der Waals surface area (Å²) in [5, 5.41) is 3.11. The number of hydrazine groups is 1. The molecule has 3 N–H and O–H groups in total. The summed E-state index contributed by atoms with van der Waals surface area (Å²) in [4.78, 5) is 22.2. The molecule has 1 aromatic carbocycles. The van der Waals surface area contributed by atoms with E-state index in [0.29, 0.717) is 19.4 Å². The van der Waals surface area contributed by atoms with Crippen LogP contribution in [0.4, 0.5) is 5.69 Å². The lowest BCUT2D eigenvalue weighted by atomic mass is 9.97. The lowest BCUT2D eigenvalue weighted by Gasteiger charge is -2.15. The lowest BCUT2D eigenvalue weighted by molar-refractivity contribution is -0.131. The van der Waals surface area contributed by atoms with Crippen molar-refractivity contribution >= 4 is 17.8 Å². The maximum absolute atomic E-state index is 11.6. The number of allylic oxidation sites excluding steroid dienone is 1. The van der Waals surface area contributed by atoms with E-state index in [1.165, 1.54) is 0 Å². The molecule has 1 aliphatic heterocycles. The maximum atomic E-state index is 11.6. The van der Waals surface area contributed by atoms with Crippen LogP contribution in [0.5, 0.6) is 5.75 Å². The predicted molar refractivity (Wildman–Crippen MR) is 79.9 cm³/mol. The van der Waals surface area contributed by atoms with Crippen molar-refractivity contribution in [3.8, 4) is 5.75 Å². The molecule has 21 heavy (non-hydrogen) atoms. The zero-order chi connectivity index (χ0) is 15.2. The van der Waals surface area contributed by atoms with Gasteiger partial charge in [-0.25, -0.2) is 0 Å². The van der Waals surface area contributed by atoms with E-state index in [1.54, 1.807) is 7.11 Å². The first-order chi connectivity index (χ1) is 10.2. The van der Waals surface area contributed by atoms with Gasteiger partial charge >= 0.3 is 0 Å². The number of anilines is 1. The number of nitrogens with one attached hydrogen (secondary N) is 3. The highest BCUT2D eigenvalue weighted by molar-refractivity contribution is 6.27. The van der Waals surface area contributed by atoms with Gasteiger partial charge in [0.2, 0.25) is 5.78 Å². The molecule has 0 aromatic heterocycles. The highest BCUT2D eigenvalue weighted by atomic mass is 16.5. The number of ketones is 1. The van der Waals surface area contributed by atoms with Gasteiger partial charge in [-0.2, -0.15) is 0 Å². The zero-order valence-corrected chi connectivity index (χ0v) is 12.1. The smallest absolute Gasteiger partial charge is 0.203 e. The Labute approximate surface area is 123 Å². The van der Waals surface area contributed by atoms with E-state index in [9.17, 15) is 9.59 Å². The van der Waals surface area contributed by atoms with E-state index < -0.39 is 0 Å². The van der Waals surface area contributed by atoms with Crippen LogP contribution in [0.2, 0.25) is 0 Å². The number of ether oxygens (including phenoxy) is 1. The van der Waals surface area contributed by atoms with Crippen LogP contribution < -0.4 is 20.9 Å². The van der Waals surface area contributed by atoms with Gasteiger partial charge in [-0.1, -0.05) is 0 Å². The average molecular weight is 289 g/mol. The number of methoxy groups -OCH3 is 1. The number of hydrogen-bond donors (Lipinski definition) is 3. The Bertz CT molecular complexity index is 552. The van der Waals surface area contributed by atoms with Crippen molar-refractivity contribution in [2.24, 2.45) is 5.92 Å². The first kappa shape index (κ1) is 15.1. The minimum atomic E-state index is -0.388. The molecule has 0 aliphatic carbocycles. The van der Waals surface area contributed by atoms with E-state index >= 15 is 0 Å². The summed E-state index contributed by atoms with van der Waals surface area (Å²) in [5.41, 5.74) is 8.76. The molecule has 1 aromatic rings. The summed E-state index contributed by atoms with van der Waals surface area (Å²) < 4.78 is 5.09. The van der Waals surface area contributed by atoms with Gasteiger partial charge in [-0.3, -0.25) is 9.59 Å². The number of aldehydes is 1. The van der Waals surface area contributed by atoms with Crippen molar-refractivity contribution in [3.05, 3.63) is 35.5 Å². The topological polar surface area (TPSA) is 79.5 Å². The van der Waals surface area contributed by atoms with E-state index in [4.69, 9.17) is 4.74 Å². The van der Waals surface area contributed by atoms with Crippen molar-refractivity contribution in [3.63, 3.8) is 0 Å². The fourth-order valence-electron chi connectivity index (χ4n) is 2.27. The Balaban J connectivity index is 2.02. The first-order valence-corrected chi connectivity index (χ1v) is 6.71. The molecule has 0 bridgehead atoms. The lowest BCUT2D eigenvalue weighted by Crippen LogP contribution is -2.25. The van der Waals surface area contributed by atoms with Crippen molar-refractivity contribution in [1.29, 1.82) is 0 Å². The van der Waals surface area contributed by atoms with Gasteiger partial charge in [0.05, 0.1) is 18.7 Å². The molecule has 1 aliphatic rings. The van der Waals surface area contributed by atoms with Crippen LogP contribution in [0, 0.1) is 5.92 Å². The number of carbonyl (C=O) groups excluding carboxylic acids is 2. The third-order valence-electron chi connectivity index (χ3n) is 3.51. The van der Waals surface area contributed by atoms with Crippen LogP contribution in [0.15, 0.2) is 35.5 Å². The van der Waals surface area contributed by atoms with Crippen molar-refractivity contribution in [2.75, 3.05) is 25.6 Å². The summed E-state index contributed by atoms with van der Waals surface area (Å²) in [5.74, 6) is 0.0283.